The second-order valence-corrected chi connectivity index (χ2v) is 10.4. The summed E-state index contributed by atoms with van der Waals surface area (Å²) in [6, 6.07) is 19.4. The van der Waals surface area contributed by atoms with Crippen LogP contribution in [0.1, 0.15) is 27.9 Å². The average molecular weight is 511 g/mol. The highest BCUT2D eigenvalue weighted by Crippen LogP contribution is 2.15. The van der Waals surface area contributed by atoms with E-state index in [2.05, 4.69) is 10.0 Å². The Bertz CT molecular complexity index is 1290. The van der Waals surface area contributed by atoms with E-state index in [0.29, 0.717) is 25.2 Å². The van der Waals surface area contributed by atoms with Crippen LogP contribution in [0.3, 0.4) is 0 Å². The molecular formula is C27H27FN2O5S. The Morgan fingerprint density at radius 2 is 1.64 bits per heavy atom. The van der Waals surface area contributed by atoms with Crippen LogP contribution in [0.4, 0.5) is 4.39 Å². The van der Waals surface area contributed by atoms with Crippen molar-refractivity contribution in [1.82, 2.24) is 10.0 Å². The van der Waals surface area contributed by atoms with E-state index in [1.165, 1.54) is 36.4 Å². The molecule has 1 amide bonds. The molecule has 0 bridgehead atoms. The van der Waals surface area contributed by atoms with E-state index in [1.807, 2.05) is 30.3 Å². The van der Waals surface area contributed by atoms with Gasteiger partial charge in [-0.15, -0.1) is 0 Å². The number of ether oxygens (including phenoxy) is 1. The Morgan fingerprint density at radius 1 is 0.944 bits per heavy atom. The number of Topliss-reactive ketones (excluding diaryl/α,β-unsaturated/α-hetero) is 1. The summed E-state index contributed by atoms with van der Waals surface area (Å²) < 4.78 is 46.3. The van der Waals surface area contributed by atoms with Gasteiger partial charge in [0.15, 0.2) is 5.78 Å². The molecule has 36 heavy (non-hydrogen) atoms. The van der Waals surface area contributed by atoms with Crippen LogP contribution in [0.2, 0.25) is 0 Å². The molecule has 0 unspecified atom stereocenters. The summed E-state index contributed by atoms with van der Waals surface area (Å²) >= 11 is 0. The van der Waals surface area contributed by atoms with Crippen LogP contribution in [0.15, 0.2) is 83.8 Å². The highest BCUT2D eigenvalue weighted by molar-refractivity contribution is 7.89. The molecule has 0 radical (unpaired) electrons. The number of amides is 1. The van der Waals surface area contributed by atoms with Gasteiger partial charge in [-0.1, -0.05) is 42.5 Å². The van der Waals surface area contributed by atoms with Crippen LogP contribution in [0.5, 0.6) is 0 Å². The van der Waals surface area contributed by atoms with Crippen molar-refractivity contribution in [2.75, 3.05) is 13.2 Å². The molecule has 0 aliphatic carbocycles. The van der Waals surface area contributed by atoms with Gasteiger partial charge in [0.1, 0.15) is 5.82 Å². The first kappa shape index (κ1) is 25.7. The second-order valence-electron chi connectivity index (χ2n) is 8.69. The molecule has 3 aromatic carbocycles. The molecule has 188 valence electrons. The Hall–Kier alpha value is -3.40. The number of sulfonamides is 1. The summed E-state index contributed by atoms with van der Waals surface area (Å²) in [6.07, 6.45) is 0.913. The third-order valence-corrected chi connectivity index (χ3v) is 7.48. The first-order valence-electron chi connectivity index (χ1n) is 11.6. The molecule has 2 N–H and O–H groups in total. The first-order valence-corrected chi connectivity index (χ1v) is 13.1. The standard InChI is InChI=1S/C27H27FN2O5S/c28-22-10-8-21(9-11-22)27(32)29-25(16-19-4-2-1-3-5-19)26(31)17-20-6-12-24(13-7-20)36(33,34)30-23-14-15-35-18-23/h1-13,23,25,30H,14-18H2,(H,29,32)/t23-,25+/m1/s1. The molecule has 3 aromatic rings. The number of rotatable bonds is 10. The normalized spacial score (nSPS) is 16.4. The van der Waals surface area contributed by atoms with Crippen LogP contribution in [-0.4, -0.2) is 45.4 Å². The van der Waals surface area contributed by atoms with Crippen molar-refractivity contribution in [2.24, 2.45) is 0 Å². The first-order chi connectivity index (χ1) is 17.3. The lowest BCUT2D eigenvalue weighted by Crippen LogP contribution is -2.43. The predicted octanol–water partition coefficient (Wildman–Crippen LogP) is 3.05. The van der Waals surface area contributed by atoms with Crippen LogP contribution in [0.25, 0.3) is 0 Å². The van der Waals surface area contributed by atoms with Crippen molar-refractivity contribution in [2.45, 2.75) is 36.2 Å². The van der Waals surface area contributed by atoms with Gasteiger partial charge in [-0.05, 0) is 60.4 Å². The van der Waals surface area contributed by atoms with E-state index in [4.69, 9.17) is 4.74 Å². The summed E-state index contributed by atoms with van der Waals surface area (Å²) in [5, 5.41) is 2.77. The average Bonchev–Trinajstić information content (AvgIpc) is 3.37. The minimum atomic E-state index is -3.69. The number of hydrogen-bond donors (Lipinski definition) is 2. The quantitative estimate of drug-likeness (QED) is 0.437. The third-order valence-electron chi connectivity index (χ3n) is 5.95. The van der Waals surface area contributed by atoms with Crippen LogP contribution in [-0.2, 0) is 32.4 Å². The van der Waals surface area contributed by atoms with Gasteiger partial charge in [0, 0.05) is 24.6 Å². The Morgan fingerprint density at radius 3 is 2.28 bits per heavy atom. The second kappa shape index (κ2) is 11.6. The highest BCUT2D eigenvalue weighted by atomic mass is 32.2. The minimum Gasteiger partial charge on any atom is -0.380 e. The van der Waals surface area contributed by atoms with Crippen LogP contribution < -0.4 is 10.0 Å². The van der Waals surface area contributed by atoms with Crippen LogP contribution >= 0.6 is 0 Å². The van der Waals surface area contributed by atoms with E-state index in [9.17, 15) is 22.4 Å². The largest absolute Gasteiger partial charge is 0.380 e. The smallest absolute Gasteiger partial charge is 0.251 e. The zero-order valence-corrected chi connectivity index (χ0v) is 20.3. The van der Waals surface area contributed by atoms with Gasteiger partial charge in [-0.3, -0.25) is 9.59 Å². The lowest BCUT2D eigenvalue weighted by atomic mass is 9.97. The number of halogens is 1. The van der Waals surface area contributed by atoms with Gasteiger partial charge >= 0.3 is 0 Å². The molecule has 7 nitrogen and oxygen atoms in total. The summed E-state index contributed by atoms with van der Waals surface area (Å²) in [5.41, 5.74) is 1.74. The Labute approximate surface area is 209 Å². The Kier molecular flexibility index (Phi) is 8.25. The van der Waals surface area contributed by atoms with E-state index in [-0.39, 0.29) is 35.1 Å². The van der Waals surface area contributed by atoms with E-state index >= 15 is 0 Å². The molecule has 2 atom stereocenters. The van der Waals surface area contributed by atoms with Crippen molar-refractivity contribution >= 4 is 21.7 Å². The fourth-order valence-electron chi connectivity index (χ4n) is 3.96. The number of carbonyl (C=O) groups is 2. The molecule has 1 aliphatic rings. The van der Waals surface area contributed by atoms with Gasteiger partial charge in [0.2, 0.25) is 10.0 Å². The fourth-order valence-corrected chi connectivity index (χ4v) is 5.22. The molecule has 0 saturated carbocycles. The molecule has 0 spiro atoms. The van der Waals surface area contributed by atoms with Crippen LogP contribution in [0, 0.1) is 5.82 Å². The van der Waals surface area contributed by atoms with E-state index < -0.39 is 27.8 Å². The van der Waals surface area contributed by atoms with Gasteiger partial charge in [-0.25, -0.2) is 17.5 Å². The van der Waals surface area contributed by atoms with Gasteiger partial charge in [-0.2, -0.15) is 0 Å². The highest BCUT2D eigenvalue weighted by Gasteiger charge is 2.25. The maximum atomic E-state index is 13.2. The van der Waals surface area contributed by atoms with Crippen molar-refractivity contribution in [3.8, 4) is 0 Å². The molecule has 1 saturated heterocycles. The van der Waals surface area contributed by atoms with Crippen molar-refractivity contribution in [3.05, 3.63) is 101 Å². The molecule has 1 fully saturated rings. The Balaban J connectivity index is 1.46. The summed E-state index contributed by atoms with van der Waals surface area (Å²) in [4.78, 5) is 26.1. The zero-order chi connectivity index (χ0) is 25.5. The maximum Gasteiger partial charge on any atom is 0.251 e. The summed E-state index contributed by atoms with van der Waals surface area (Å²) in [6.45, 7) is 0.869. The van der Waals surface area contributed by atoms with Crippen molar-refractivity contribution in [3.63, 3.8) is 0 Å². The number of carbonyl (C=O) groups excluding carboxylic acids is 2. The summed E-state index contributed by atoms with van der Waals surface area (Å²) in [5.74, 6) is -1.17. The molecule has 1 heterocycles. The van der Waals surface area contributed by atoms with E-state index in [0.717, 1.165) is 5.56 Å². The van der Waals surface area contributed by atoms with Crippen molar-refractivity contribution < 1.29 is 27.1 Å². The summed E-state index contributed by atoms with van der Waals surface area (Å²) in [7, 11) is -3.69. The molecule has 0 aromatic heterocycles. The zero-order valence-electron chi connectivity index (χ0n) is 19.5. The SMILES string of the molecule is O=C(N[C@@H](Cc1ccccc1)C(=O)Cc1ccc(S(=O)(=O)N[C@@H]2CCOC2)cc1)c1ccc(F)cc1. The van der Waals surface area contributed by atoms with Gasteiger partial charge in [0.25, 0.3) is 5.91 Å². The number of ketones is 1. The molecule has 1 aliphatic heterocycles. The minimum absolute atomic E-state index is 0.00538. The topological polar surface area (TPSA) is 102 Å². The lowest BCUT2D eigenvalue weighted by Gasteiger charge is -2.18. The van der Waals surface area contributed by atoms with Crippen molar-refractivity contribution in [1.29, 1.82) is 0 Å². The number of hydrogen-bond acceptors (Lipinski definition) is 5. The van der Waals surface area contributed by atoms with Gasteiger partial charge in [0.05, 0.1) is 17.5 Å². The molecule has 9 heteroatoms. The molecule has 4 rings (SSSR count). The predicted molar refractivity (Wildman–Crippen MR) is 132 cm³/mol. The third kappa shape index (κ3) is 6.84. The fraction of sp³-hybridized carbons (Fsp3) is 0.259. The maximum absolute atomic E-state index is 13.2. The lowest BCUT2D eigenvalue weighted by molar-refractivity contribution is -0.120. The monoisotopic (exact) mass is 510 g/mol. The number of benzene rings is 3. The van der Waals surface area contributed by atoms with E-state index in [1.54, 1.807) is 12.1 Å². The number of nitrogens with one attached hydrogen (secondary N) is 2. The van der Waals surface area contributed by atoms with Gasteiger partial charge < -0.3 is 10.1 Å². The molecular weight excluding hydrogens is 483 g/mol.